The molecule has 0 bridgehead atoms. The average Bonchev–Trinajstić information content (AvgIpc) is 3.01. The number of hydrogen-bond donors (Lipinski definition) is 1. The van der Waals surface area contributed by atoms with Crippen molar-refractivity contribution in [3.05, 3.63) is 29.9 Å². The van der Waals surface area contributed by atoms with Gasteiger partial charge in [0.25, 0.3) is 0 Å². The van der Waals surface area contributed by atoms with Gasteiger partial charge in [0.2, 0.25) is 5.89 Å². The van der Waals surface area contributed by atoms with Gasteiger partial charge in [0.05, 0.1) is 12.0 Å². The largest absolute Gasteiger partial charge is 0.348 e. The van der Waals surface area contributed by atoms with E-state index in [-0.39, 0.29) is 5.41 Å². The zero-order valence-electron chi connectivity index (χ0n) is 11.4. The minimum atomic E-state index is -0.0495. The monoisotopic (exact) mass is 261 g/mol. The third-order valence-electron chi connectivity index (χ3n) is 3.75. The van der Waals surface area contributed by atoms with Gasteiger partial charge in [-0.25, -0.2) is 4.98 Å². The maximum atomic E-state index is 5.38. The fourth-order valence-electron chi connectivity index (χ4n) is 2.79. The summed E-state index contributed by atoms with van der Waals surface area (Å²) in [6.07, 6.45) is 5.88. The minimum Gasteiger partial charge on any atom is -0.348 e. The van der Waals surface area contributed by atoms with Crippen molar-refractivity contribution < 1.29 is 4.52 Å². The first kappa shape index (κ1) is 12.3. The molecule has 0 unspecified atom stereocenters. The Morgan fingerprint density at radius 2 is 2.42 bits per heavy atom. The van der Waals surface area contributed by atoms with Crippen LogP contribution in [0.5, 0.6) is 0 Å². The summed E-state index contributed by atoms with van der Waals surface area (Å²) in [6.45, 7) is 6.92. The van der Waals surface area contributed by atoms with Gasteiger partial charge in [0.1, 0.15) is 5.82 Å². The number of aromatic amines is 1. The highest BCUT2D eigenvalue weighted by atomic mass is 16.5. The lowest BCUT2D eigenvalue weighted by Gasteiger charge is -2.37. The summed E-state index contributed by atoms with van der Waals surface area (Å²) < 4.78 is 5.38. The Hall–Kier alpha value is -1.69. The van der Waals surface area contributed by atoms with E-state index in [1.165, 1.54) is 0 Å². The molecule has 0 aliphatic carbocycles. The fourth-order valence-corrected chi connectivity index (χ4v) is 2.79. The molecule has 3 heterocycles. The van der Waals surface area contributed by atoms with E-state index in [1.54, 1.807) is 6.20 Å². The Bertz CT molecular complexity index is 535. The van der Waals surface area contributed by atoms with Gasteiger partial charge >= 0.3 is 0 Å². The highest BCUT2D eigenvalue weighted by Crippen LogP contribution is 2.32. The van der Waals surface area contributed by atoms with Crippen molar-refractivity contribution in [2.45, 2.75) is 38.6 Å². The van der Waals surface area contributed by atoms with Gasteiger partial charge in [-0.2, -0.15) is 4.98 Å². The Morgan fingerprint density at radius 1 is 1.53 bits per heavy atom. The third-order valence-corrected chi connectivity index (χ3v) is 3.75. The van der Waals surface area contributed by atoms with Crippen LogP contribution < -0.4 is 0 Å². The summed E-state index contributed by atoms with van der Waals surface area (Å²) in [4.78, 5) is 14.2. The molecule has 3 rings (SSSR count). The van der Waals surface area contributed by atoms with Gasteiger partial charge in [-0.1, -0.05) is 5.16 Å². The first-order chi connectivity index (χ1) is 9.16. The third kappa shape index (κ3) is 2.53. The zero-order chi connectivity index (χ0) is 13.3. The minimum absolute atomic E-state index is 0.0495. The quantitative estimate of drug-likeness (QED) is 0.909. The molecular weight excluding hydrogens is 242 g/mol. The van der Waals surface area contributed by atoms with Crippen molar-refractivity contribution >= 4 is 0 Å². The molecule has 2 aromatic heterocycles. The maximum Gasteiger partial charge on any atom is 0.233 e. The molecular formula is C13H19N5O. The van der Waals surface area contributed by atoms with Gasteiger partial charge in [-0.15, -0.1) is 0 Å². The first-order valence-corrected chi connectivity index (χ1v) is 6.67. The van der Waals surface area contributed by atoms with Gasteiger partial charge in [0.15, 0.2) is 5.82 Å². The molecule has 1 fully saturated rings. The van der Waals surface area contributed by atoms with Crippen LogP contribution in [0.3, 0.4) is 0 Å². The van der Waals surface area contributed by atoms with Crippen LogP contribution in [0, 0.1) is 6.92 Å². The molecule has 0 aromatic carbocycles. The second-order valence-corrected chi connectivity index (χ2v) is 5.56. The summed E-state index contributed by atoms with van der Waals surface area (Å²) in [5.41, 5.74) is -0.0495. The van der Waals surface area contributed by atoms with Gasteiger partial charge in [0, 0.05) is 18.9 Å². The number of hydrogen-bond acceptors (Lipinski definition) is 5. The van der Waals surface area contributed by atoms with E-state index in [2.05, 4.69) is 31.9 Å². The van der Waals surface area contributed by atoms with E-state index >= 15 is 0 Å². The van der Waals surface area contributed by atoms with Crippen molar-refractivity contribution in [3.8, 4) is 0 Å². The number of aromatic nitrogens is 4. The summed E-state index contributed by atoms with van der Waals surface area (Å²) >= 11 is 0. The molecule has 1 atom stereocenters. The number of piperidine rings is 1. The number of rotatable bonds is 3. The predicted molar refractivity (Wildman–Crippen MR) is 69.5 cm³/mol. The lowest BCUT2D eigenvalue weighted by molar-refractivity contribution is 0.122. The summed E-state index contributed by atoms with van der Waals surface area (Å²) in [6, 6.07) is 0. The zero-order valence-corrected chi connectivity index (χ0v) is 11.4. The molecule has 0 radical (unpaired) electrons. The second kappa shape index (κ2) is 4.77. The highest BCUT2D eigenvalue weighted by molar-refractivity contribution is 5.06. The van der Waals surface area contributed by atoms with Crippen molar-refractivity contribution in [2.75, 3.05) is 13.1 Å². The van der Waals surface area contributed by atoms with E-state index in [9.17, 15) is 0 Å². The molecule has 1 N–H and O–H groups in total. The topological polar surface area (TPSA) is 70.8 Å². The van der Waals surface area contributed by atoms with E-state index in [0.717, 1.165) is 44.2 Å². The van der Waals surface area contributed by atoms with Crippen LogP contribution in [0.25, 0.3) is 0 Å². The maximum absolute atomic E-state index is 5.38. The van der Waals surface area contributed by atoms with Gasteiger partial charge in [-0.05, 0) is 33.2 Å². The summed E-state index contributed by atoms with van der Waals surface area (Å²) in [5.74, 6) is 2.47. The number of imidazole rings is 1. The molecule has 1 aliphatic heterocycles. The molecule has 6 nitrogen and oxygen atoms in total. The van der Waals surface area contributed by atoms with Crippen LogP contribution >= 0.6 is 0 Å². The normalized spacial score (nSPS) is 24.7. The first-order valence-electron chi connectivity index (χ1n) is 6.67. The summed E-state index contributed by atoms with van der Waals surface area (Å²) in [5, 5.41) is 3.91. The van der Waals surface area contributed by atoms with E-state index in [0.29, 0.717) is 5.82 Å². The van der Waals surface area contributed by atoms with Crippen LogP contribution in [-0.2, 0) is 12.0 Å². The number of likely N-dealkylation sites (tertiary alicyclic amines) is 1. The highest BCUT2D eigenvalue weighted by Gasteiger charge is 2.37. The molecule has 0 amide bonds. The lowest BCUT2D eigenvalue weighted by Crippen LogP contribution is -2.44. The molecule has 1 saturated heterocycles. The Labute approximate surface area is 112 Å². The summed E-state index contributed by atoms with van der Waals surface area (Å²) in [7, 11) is 0. The lowest BCUT2D eigenvalue weighted by atomic mass is 9.81. The van der Waals surface area contributed by atoms with E-state index in [4.69, 9.17) is 4.52 Å². The Morgan fingerprint density at radius 3 is 3.11 bits per heavy atom. The molecule has 0 spiro atoms. The van der Waals surface area contributed by atoms with Crippen molar-refractivity contribution in [3.63, 3.8) is 0 Å². The molecule has 0 saturated carbocycles. The number of aryl methyl sites for hydroxylation is 1. The number of H-pyrrole nitrogens is 1. The molecule has 6 heteroatoms. The van der Waals surface area contributed by atoms with Crippen LogP contribution in [0.15, 0.2) is 16.9 Å². The van der Waals surface area contributed by atoms with Gasteiger partial charge in [-0.3, -0.25) is 4.90 Å². The fraction of sp³-hybridized carbons (Fsp3) is 0.615. The predicted octanol–water partition coefficient (Wildman–Crippen LogP) is 1.65. The van der Waals surface area contributed by atoms with Crippen LogP contribution in [0.1, 0.15) is 37.3 Å². The SMILES string of the molecule is Cc1noc([C@]2(C)CCCN(Cc3ncc[nH]3)C2)n1. The Kier molecular flexibility index (Phi) is 3.10. The number of nitrogens with zero attached hydrogens (tertiary/aromatic N) is 4. The molecule has 2 aromatic rings. The average molecular weight is 261 g/mol. The van der Waals surface area contributed by atoms with Crippen molar-refractivity contribution in [1.82, 2.24) is 25.0 Å². The van der Waals surface area contributed by atoms with E-state index in [1.807, 2.05) is 13.1 Å². The van der Waals surface area contributed by atoms with Crippen molar-refractivity contribution in [1.29, 1.82) is 0 Å². The van der Waals surface area contributed by atoms with E-state index < -0.39 is 0 Å². The molecule has 102 valence electrons. The van der Waals surface area contributed by atoms with Crippen LogP contribution in [0.4, 0.5) is 0 Å². The molecule has 1 aliphatic rings. The Balaban J connectivity index is 1.73. The second-order valence-electron chi connectivity index (χ2n) is 5.56. The van der Waals surface area contributed by atoms with Crippen molar-refractivity contribution in [2.24, 2.45) is 0 Å². The van der Waals surface area contributed by atoms with Gasteiger partial charge < -0.3 is 9.51 Å². The van der Waals surface area contributed by atoms with Crippen LogP contribution in [0.2, 0.25) is 0 Å². The smallest absolute Gasteiger partial charge is 0.233 e. The standard InChI is InChI=1S/C13H19N5O/c1-10-16-12(19-17-10)13(2)4-3-7-18(9-13)8-11-14-5-6-15-11/h5-6H,3-4,7-9H2,1-2H3,(H,14,15)/t13-/m1/s1. The molecule has 19 heavy (non-hydrogen) atoms. The number of nitrogens with one attached hydrogen (secondary N) is 1. The van der Waals surface area contributed by atoms with Crippen LogP contribution in [-0.4, -0.2) is 38.1 Å².